The lowest BCUT2D eigenvalue weighted by atomic mass is 10.0. The van der Waals surface area contributed by atoms with Gasteiger partial charge in [0.15, 0.2) is 0 Å². The number of amides is 1. The molecule has 0 atom stereocenters. The highest BCUT2D eigenvalue weighted by molar-refractivity contribution is 5.94. The number of carbonyl (C=O) groups excluding carboxylic acids is 1. The number of methoxy groups -OCH3 is 1. The summed E-state index contributed by atoms with van der Waals surface area (Å²) in [5.74, 6) is -2.34. The van der Waals surface area contributed by atoms with Crippen LogP contribution in [0.25, 0.3) is 0 Å². The SMILES string of the molecule is COCCN1CCC(NC(=O)c2c(F)cccc2F)CC1. The number of carbonyl (C=O) groups is 1. The van der Waals surface area contributed by atoms with Crippen LogP contribution in [0.5, 0.6) is 0 Å². The number of hydrogen-bond donors (Lipinski definition) is 1. The Morgan fingerprint density at radius 2 is 1.95 bits per heavy atom. The quantitative estimate of drug-likeness (QED) is 0.901. The molecule has 0 saturated carbocycles. The van der Waals surface area contributed by atoms with Crippen LogP contribution < -0.4 is 5.32 Å². The standard InChI is InChI=1S/C15H20F2N2O2/c1-21-10-9-19-7-5-11(6-8-19)18-15(20)14-12(16)3-2-4-13(14)17/h2-4,11H,5-10H2,1H3,(H,18,20). The van der Waals surface area contributed by atoms with Crippen molar-refractivity contribution >= 4 is 5.91 Å². The van der Waals surface area contributed by atoms with Crippen LogP contribution in [0.1, 0.15) is 23.2 Å². The Hall–Kier alpha value is -1.53. The molecule has 2 rings (SSSR count). The molecule has 1 N–H and O–H groups in total. The highest BCUT2D eigenvalue weighted by atomic mass is 19.1. The number of benzene rings is 1. The van der Waals surface area contributed by atoms with E-state index in [4.69, 9.17) is 4.74 Å². The van der Waals surface area contributed by atoms with Crippen molar-refractivity contribution in [1.29, 1.82) is 0 Å². The lowest BCUT2D eigenvalue weighted by Crippen LogP contribution is -2.45. The van der Waals surface area contributed by atoms with E-state index in [1.54, 1.807) is 7.11 Å². The van der Waals surface area contributed by atoms with Crippen molar-refractivity contribution in [2.24, 2.45) is 0 Å². The maximum atomic E-state index is 13.5. The van der Waals surface area contributed by atoms with Crippen LogP contribution in [0.3, 0.4) is 0 Å². The van der Waals surface area contributed by atoms with Crippen molar-refractivity contribution < 1.29 is 18.3 Å². The van der Waals surface area contributed by atoms with Crippen LogP contribution in [0.15, 0.2) is 18.2 Å². The van der Waals surface area contributed by atoms with E-state index in [1.807, 2.05) is 0 Å². The van der Waals surface area contributed by atoms with Gasteiger partial charge in [0, 0.05) is 32.8 Å². The van der Waals surface area contributed by atoms with Crippen LogP contribution in [0.4, 0.5) is 8.78 Å². The van der Waals surface area contributed by atoms with E-state index in [1.165, 1.54) is 6.07 Å². The second-order valence-electron chi connectivity index (χ2n) is 5.18. The molecule has 6 heteroatoms. The highest BCUT2D eigenvalue weighted by Crippen LogP contribution is 2.14. The summed E-state index contributed by atoms with van der Waals surface area (Å²) >= 11 is 0. The molecule has 116 valence electrons. The molecule has 0 unspecified atom stereocenters. The number of halogens is 2. The van der Waals surface area contributed by atoms with Crippen molar-refractivity contribution in [1.82, 2.24) is 10.2 Å². The van der Waals surface area contributed by atoms with Crippen LogP contribution in [-0.4, -0.2) is 50.2 Å². The molecule has 0 radical (unpaired) electrons. The fraction of sp³-hybridized carbons (Fsp3) is 0.533. The first-order valence-corrected chi connectivity index (χ1v) is 7.08. The molecule has 0 aliphatic carbocycles. The average molecular weight is 298 g/mol. The Morgan fingerprint density at radius 3 is 2.52 bits per heavy atom. The maximum Gasteiger partial charge on any atom is 0.257 e. The first kappa shape index (κ1) is 15.9. The van der Waals surface area contributed by atoms with Crippen molar-refractivity contribution in [3.63, 3.8) is 0 Å². The second kappa shape index (κ2) is 7.47. The largest absolute Gasteiger partial charge is 0.383 e. The predicted octanol–water partition coefficient (Wildman–Crippen LogP) is 1.81. The van der Waals surface area contributed by atoms with Gasteiger partial charge in [0.25, 0.3) is 5.91 Å². The molecule has 1 aliphatic heterocycles. The molecule has 1 fully saturated rings. The number of piperidine rings is 1. The molecule has 1 aromatic rings. The Kier molecular flexibility index (Phi) is 5.64. The van der Waals surface area contributed by atoms with Crippen LogP contribution >= 0.6 is 0 Å². The fourth-order valence-electron chi connectivity index (χ4n) is 2.49. The minimum atomic E-state index is -0.829. The summed E-state index contributed by atoms with van der Waals surface area (Å²) in [6.07, 6.45) is 1.54. The Morgan fingerprint density at radius 1 is 1.33 bits per heavy atom. The third kappa shape index (κ3) is 4.22. The summed E-state index contributed by atoms with van der Waals surface area (Å²) in [6.45, 7) is 3.22. The van der Waals surface area contributed by atoms with Gasteiger partial charge >= 0.3 is 0 Å². The molecule has 1 heterocycles. The van der Waals surface area contributed by atoms with Gasteiger partial charge in [0.05, 0.1) is 6.61 Å². The zero-order chi connectivity index (χ0) is 15.2. The lowest BCUT2D eigenvalue weighted by molar-refractivity contribution is 0.0884. The summed E-state index contributed by atoms with van der Waals surface area (Å²) in [5, 5.41) is 2.72. The van der Waals surface area contributed by atoms with E-state index in [9.17, 15) is 13.6 Å². The summed E-state index contributed by atoms with van der Waals surface area (Å²) in [5.41, 5.74) is -0.501. The predicted molar refractivity (Wildman–Crippen MR) is 75.2 cm³/mol. The zero-order valence-corrected chi connectivity index (χ0v) is 12.1. The average Bonchev–Trinajstić information content (AvgIpc) is 2.46. The minimum absolute atomic E-state index is 0.0460. The summed E-state index contributed by atoms with van der Waals surface area (Å²) in [4.78, 5) is 14.2. The highest BCUT2D eigenvalue weighted by Gasteiger charge is 2.23. The normalized spacial score (nSPS) is 16.9. The minimum Gasteiger partial charge on any atom is -0.383 e. The Labute approximate surface area is 123 Å². The monoisotopic (exact) mass is 298 g/mol. The first-order valence-electron chi connectivity index (χ1n) is 7.08. The molecule has 1 amide bonds. The third-order valence-corrected chi connectivity index (χ3v) is 3.72. The first-order chi connectivity index (χ1) is 10.1. The van der Waals surface area contributed by atoms with E-state index >= 15 is 0 Å². The van der Waals surface area contributed by atoms with Crippen molar-refractivity contribution in [3.05, 3.63) is 35.4 Å². The topological polar surface area (TPSA) is 41.6 Å². The van der Waals surface area contributed by atoms with Gasteiger partial charge in [-0.25, -0.2) is 8.78 Å². The molecular formula is C15H20F2N2O2. The molecule has 1 aliphatic rings. The molecule has 0 spiro atoms. The number of nitrogens with one attached hydrogen (secondary N) is 1. The van der Waals surface area contributed by atoms with Gasteiger partial charge in [-0.05, 0) is 25.0 Å². The Bertz CT molecular complexity index is 468. The van der Waals surface area contributed by atoms with Crippen LogP contribution in [0.2, 0.25) is 0 Å². The van der Waals surface area contributed by atoms with Gasteiger partial charge in [-0.1, -0.05) is 6.07 Å². The van der Waals surface area contributed by atoms with E-state index in [2.05, 4.69) is 10.2 Å². The summed E-state index contributed by atoms with van der Waals surface area (Å²) in [6, 6.07) is 3.38. The van der Waals surface area contributed by atoms with Crippen molar-refractivity contribution in [3.8, 4) is 0 Å². The molecule has 21 heavy (non-hydrogen) atoms. The van der Waals surface area contributed by atoms with Gasteiger partial charge in [-0.15, -0.1) is 0 Å². The molecule has 1 saturated heterocycles. The second-order valence-corrected chi connectivity index (χ2v) is 5.18. The van der Waals surface area contributed by atoms with Crippen molar-refractivity contribution in [2.75, 3.05) is 33.4 Å². The Balaban J connectivity index is 1.87. The molecule has 1 aromatic carbocycles. The summed E-state index contributed by atoms with van der Waals surface area (Å²) in [7, 11) is 1.66. The van der Waals surface area contributed by atoms with E-state index in [0.717, 1.165) is 44.6 Å². The molecule has 4 nitrogen and oxygen atoms in total. The summed E-state index contributed by atoms with van der Waals surface area (Å²) < 4.78 is 32.1. The fourth-order valence-corrected chi connectivity index (χ4v) is 2.49. The molecule has 0 aromatic heterocycles. The van der Waals surface area contributed by atoms with Gasteiger partial charge < -0.3 is 15.0 Å². The smallest absolute Gasteiger partial charge is 0.257 e. The van der Waals surface area contributed by atoms with Gasteiger partial charge in [-0.2, -0.15) is 0 Å². The van der Waals surface area contributed by atoms with Crippen LogP contribution in [0, 0.1) is 11.6 Å². The number of hydrogen-bond acceptors (Lipinski definition) is 3. The maximum absolute atomic E-state index is 13.5. The zero-order valence-electron chi connectivity index (χ0n) is 12.1. The number of ether oxygens (including phenoxy) is 1. The number of rotatable bonds is 5. The van der Waals surface area contributed by atoms with Crippen LogP contribution in [-0.2, 0) is 4.74 Å². The van der Waals surface area contributed by atoms with E-state index < -0.39 is 23.1 Å². The number of nitrogens with zero attached hydrogens (tertiary/aromatic N) is 1. The lowest BCUT2D eigenvalue weighted by Gasteiger charge is -2.32. The van der Waals surface area contributed by atoms with Crippen molar-refractivity contribution in [2.45, 2.75) is 18.9 Å². The molecule has 0 bridgehead atoms. The van der Waals surface area contributed by atoms with Gasteiger partial charge in [0.1, 0.15) is 17.2 Å². The van der Waals surface area contributed by atoms with E-state index in [-0.39, 0.29) is 6.04 Å². The number of likely N-dealkylation sites (tertiary alicyclic amines) is 1. The third-order valence-electron chi connectivity index (χ3n) is 3.72. The molecular weight excluding hydrogens is 278 g/mol. The van der Waals surface area contributed by atoms with Gasteiger partial charge in [0.2, 0.25) is 0 Å². The van der Waals surface area contributed by atoms with E-state index in [0.29, 0.717) is 6.61 Å². The van der Waals surface area contributed by atoms with Gasteiger partial charge in [-0.3, -0.25) is 4.79 Å².